The van der Waals surface area contributed by atoms with Gasteiger partial charge in [0.2, 0.25) is 0 Å². The molecule has 0 radical (unpaired) electrons. The zero-order valence-corrected chi connectivity index (χ0v) is 14.8. The molecule has 5 heteroatoms. The van der Waals surface area contributed by atoms with Crippen LogP contribution in [0.3, 0.4) is 0 Å². The molecule has 0 bridgehead atoms. The Bertz CT molecular complexity index is 245. The number of hydrogen-bond donors (Lipinski definition) is 0. The van der Waals surface area contributed by atoms with Gasteiger partial charge in [0.25, 0.3) is 0 Å². The standard InChI is InChI=1S/C15H32BO3.Li/c1-11(2)17-16(18-12(3)4,19-13(5)6)15-9-8-14(7)10-15;/h11-15H,8-10H2,1-7H3;/q-1;+1. The van der Waals surface area contributed by atoms with Crippen molar-refractivity contribution in [3.8, 4) is 0 Å². The van der Waals surface area contributed by atoms with Crippen LogP contribution in [0.4, 0.5) is 0 Å². The Morgan fingerprint density at radius 3 is 1.45 bits per heavy atom. The molecule has 0 N–H and O–H groups in total. The third kappa shape index (κ3) is 6.12. The SMILES string of the molecule is CC1CCC([B-](OC(C)C)(OC(C)C)OC(C)C)C1.[Li+]. The van der Waals surface area contributed by atoms with Crippen molar-refractivity contribution in [2.45, 2.75) is 91.9 Å². The average Bonchev–Trinajstić information content (AvgIpc) is 2.61. The summed E-state index contributed by atoms with van der Waals surface area (Å²) in [5.41, 5.74) is 0. The Hall–Kier alpha value is 0.542. The van der Waals surface area contributed by atoms with E-state index in [-0.39, 0.29) is 37.2 Å². The van der Waals surface area contributed by atoms with E-state index in [1.807, 2.05) is 0 Å². The zero-order valence-electron chi connectivity index (χ0n) is 14.8. The van der Waals surface area contributed by atoms with Crippen molar-refractivity contribution in [1.82, 2.24) is 0 Å². The summed E-state index contributed by atoms with van der Waals surface area (Å²) in [6.07, 6.45) is 3.90. The third-order valence-corrected chi connectivity index (χ3v) is 3.70. The van der Waals surface area contributed by atoms with Crippen molar-refractivity contribution in [2.24, 2.45) is 5.92 Å². The summed E-state index contributed by atoms with van der Waals surface area (Å²) in [6.45, 7) is 13.0. The van der Waals surface area contributed by atoms with Crippen LogP contribution in [-0.4, -0.2) is 25.1 Å². The minimum absolute atomic E-state index is 0. The molecular formula is C15H32BLiO3. The molecule has 20 heavy (non-hydrogen) atoms. The van der Waals surface area contributed by atoms with Crippen LogP contribution in [0, 0.1) is 5.92 Å². The molecule has 1 rings (SSSR count). The minimum atomic E-state index is -1.65. The van der Waals surface area contributed by atoms with Crippen LogP contribution in [0.15, 0.2) is 0 Å². The van der Waals surface area contributed by atoms with Crippen molar-refractivity contribution in [1.29, 1.82) is 0 Å². The van der Waals surface area contributed by atoms with Gasteiger partial charge in [-0.3, -0.25) is 0 Å². The van der Waals surface area contributed by atoms with Gasteiger partial charge < -0.3 is 14.0 Å². The smallest absolute Gasteiger partial charge is 0.542 e. The summed E-state index contributed by atoms with van der Waals surface area (Å²) in [6, 6.07) is 0. The van der Waals surface area contributed by atoms with E-state index in [4.69, 9.17) is 14.0 Å². The van der Waals surface area contributed by atoms with Gasteiger partial charge in [-0.2, -0.15) is 0 Å². The van der Waals surface area contributed by atoms with E-state index in [2.05, 4.69) is 48.5 Å². The van der Waals surface area contributed by atoms with Crippen molar-refractivity contribution >= 4 is 6.75 Å². The summed E-state index contributed by atoms with van der Waals surface area (Å²) in [4.78, 5) is 0. The maximum absolute atomic E-state index is 6.21. The molecule has 1 aliphatic carbocycles. The van der Waals surface area contributed by atoms with E-state index in [9.17, 15) is 0 Å². The fraction of sp³-hybridized carbons (Fsp3) is 1.00. The largest absolute Gasteiger partial charge is 1.00 e. The van der Waals surface area contributed by atoms with Crippen molar-refractivity contribution < 1.29 is 32.8 Å². The molecule has 2 atom stereocenters. The summed E-state index contributed by atoms with van der Waals surface area (Å²) in [5.74, 6) is 1.13. The Balaban J connectivity index is 0.00000361. The molecule has 0 aromatic heterocycles. The van der Waals surface area contributed by atoms with E-state index in [1.165, 1.54) is 6.42 Å². The molecule has 0 heterocycles. The number of hydrogen-bond acceptors (Lipinski definition) is 3. The van der Waals surface area contributed by atoms with Gasteiger partial charge in [0.1, 0.15) is 0 Å². The molecule has 3 nitrogen and oxygen atoms in total. The molecular weight excluding hydrogens is 246 g/mol. The second kappa shape index (κ2) is 8.86. The molecule has 2 unspecified atom stereocenters. The monoisotopic (exact) mass is 278 g/mol. The quantitative estimate of drug-likeness (QED) is 0.659. The summed E-state index contributed by atoms with van der Waals surface area (Å²) in [7, 11) is 0. The Morgan fingerprint density at radius 1 is 0.800 bits per heavy atom. The fourth-order valence-electron chi connectivity index (χ4n) is 3.19. The predicted octanol–water partition coefficient (Wildman–Crippen LogP) is 1.39. The van der Waals surface area contributed by atoms with E-state index in [0.717, 1.165) is 18.8 Å². The van der Waals surface area contributed by atoms with E-state index >= 15 is 0 Å². The van der Waals surface area contributed by atoms with Gasteiger partial charge in [-0.1, -0.05) is 32.0 Å². The average molecular weight is 278 g/mol. The van der Waals surface area contributed by atoms with Gasteiger partial charge in [0.15, 0.2) is 0 Å². The first-order valence-electron chi connectivity index (χ1n) is 7.92. The molecule has 1 fully saturated rings. The molecule has 0 aromatic carbocycles. The second-order valence-corrected chi connectivity index (χ2v) is 6.93. The molecule has 0 amide bonds. The van der Waals surface area contributed by atoms with Crippen LogP contribution < -0.4 is 18.9 Å². The third-order valence-electron chi connectivity index (χ3n) is 3.70. The fourth-order valence-corrected chi connectivity index (χ4v) is 3.19. The molecule has 0 saturated heterocycles. The molecule has 0 spiro atoms. The van der Waals surface area contributed by atoms with Crippen molar-refractivity contribution in [2.75, 3.05) is 0 Å². The first-order chi connectivity index (χ1) is 8.75. The minimum Gasteiger partial charge on any atom is -0.542 e. The van der Waals surface area contributed by atoms with Gasteiger partial charge in [0, 0.05) is 18.3 Å². The zero-order chi connectivity index (χ0) is 14.6. The van der Waals surface area contributed by atoms with Gasteiger partial charge in [0.05, 0.1) is 0 Å². The Labute approximate surface area is 137 Å². The first kappa shape index (κ1) is 20.5. The maximum Gasteiger partial charge on any atom is 1.00 e. The van der Waals surface area contributed by atoms with Crippen molar-refractivity contribution in [3.05, 3.63) is 0 Å². The van der Waals surface area contributed by atoms with Crippen LogP contribution >= 0.6 is 0 Å². The normalized spacial score (nSPS) is 23.7. The molecule has 1 saturated carbocycles. The topological polar surface area (TPSA) is 27.7 Å². The Morgan fingerprint density at radius 2 is 1.20 bits per heavy atom. The summed E-state index contributed by atoms with van der Waals surface area (Å²) in [5, 5.41) is 0. The molecule has 1 aliphatic rings. The van der Waals surface area contributed by atoms with Gasteiger partial charge in [-0.05, 0) is 47.5 Å². The van der Waals surface area contributed by atoms with Crippen LogP contribution in [0.1, 0.15) is 67.7 Å². The van der Waals surface area contributed by atoms with E-state index < -0.39 is 6.75 Å². The second-order valence-electron chi connectivity index (χ2n) is 6.93. The van der Waals surface area contributed by atoms with Crippen LogP contribution in [0.5, 0.6) is 0 Å². The van der Waals surface area contributed by atoms with Crippen LogP contribution in [0.25, 0.3) is 0 Å². The van der Waals surface area contributed by atoms with E-state index in [0.29, 0.717) is 5.82 Å². The molecule has 0 aromatic rings. The number of rotatable bonds is 7. The van der Waals surface area contributed by atoms with Crippen molar-refractivity contribution in [3.63, 3.8) is 0 Å². The molecule has 114 valence electrons. The van der Waals surface area contributed by atoms with Gasteiger partial charge in [-0.25, -0.2) is 0 Å². The van der Waals surface area contributed by atoms with E-state index in [1.54, 1.807) is 0 Å². The van der Waals surface area contributed by atoms with Crippen LogP contribution in [-0.2, 0) is 14.0 Å². The maximum atomic E-state index is 6.21. The van der Waals surface area contributed by atoms with Gasteiger partial charge in [-0.15, -0.1) is 0 Å². The van der Waals surface area contributed by atoms with Crippen LogP contribution in [0.2, 0.25) is 5.82 Å². The Kier molecular flexibility index (Phi) is 9.10. The summed E-state index contributed by atoms with van der Waals surface area (Å²) < 4.78 is 18.6. The predicted molar refractivity (Wildman–Crippen MR) is 81.2 cm³/mol. The summed E-state index contributed by atoms with van der Waals surface area (Å²) >= 11 is 0. The van der Waals surface area contributed by atoms with Gasteiger partial charge >= 0.3 is 25.6 Å². The molecule has 0 aliphatic heterocycles. The first-order valence-corrected chi connectivity index (χ1v) is 7.92.